The number of anilines is 1. The van der Waals surface area contributed by atoms with Crippen molar-refractivity contribution in [3.63, 3.8) is 0 Å². The normalized spacial score (nSPS) is 14.6. The summed E-state index contributed by atoms with van der Waals surface area (Å²) in [4.78, 5) is 37.3. The number of carbonyl (C=O) groups excluding carboxylic acids is 3. The lowest BCUT2D eigenvalue weighted by Gasteiger charge is -2.31. The Balaban J connectivity index is 1.71. The predicted molar refractivity (Wildman–Crippen MR) is 98.8 cm³/mol. The summed E-state index contributed by atoms with van der Waals surface area (Å²) in [6.45, 7) is 5.27. The standard InChI is InChI=1S/C19H27N3O4/c1-3-14-5-7-15(8-6-14)20-17(23)13-18(24)21-16-9-11-22(12-10-16)19(25)26-4-2/h5-8,16H,3-4,9-13H2,1-2H3,(H,20,23)(H,21,24). The first kappa shape index (κ1) is 19.8. The van der Waals surface area contributed by atoms with E-state index in [1.165, 1.54) is 5.56 Å². The van der Waals surface area contributed by atoms with Gasteiger partial charge in [0.15, 0.2) is 0 Å². The van der Waals surface area contributed by atoms with Crippen LogP contribution in [0.5, 0.6) is 0 Å². The van der Waals surface area contributed by atoms with Gasteiger partial charge < -0.3 is 20.3 Å². The zero-order valence-electron chi connectivity index (χ0n) is 15.4. The summed E-state index contributed by atoms with van der Waals surface area (Å²) in [5.74, 6) is -0.641. The van der Waals surface area contributed by atoms with E-state index in [0.29, 0.717) is 38.2 Å². The van der Waals surface area contributed by atoms with Crippen molar-refractivity contribution >= 4 is 23.6 Å². The highest BCUT2D eigenvalue weighted by molar-refractivity contribution is 6.03. The van der Waals surface area contributed by atoms with E-state index in [2.05, 4.69) is 17.6 Å². The molecule has 1 saturated heterocycles. The van der Waals surface area contributed by atoms with Gasteiger partial charge >= 0.3 is 6.09 Å². The van der Waals surface area contributed by atoms with Crippen molar-refractivity contribution < 1.29 is 19.1 Å². The van der Waals surface area contributed by atoms with E-state index in [0.717, 1.165) is 6.42 Å². The van der Waals surface area contributed by atoms with E-state index in [4.69, 9.17) is 4.74 Å². The van der Waals surface area contributed by atoms with Crippen molar-refractivity contribution in [2.75, 3.05) is 25.0 Å². The van der Waals surface area contributed by atoms with Crippen LogP contribution in [0.25, 0.3) is 0 Å². The van der Waals surface area contributed by atoms with Gasteiger partial charge in [0, 0.05) is 24.8 Å². The number of benzene rings is 1. The maximum absolute atomic E-state index is 12.1. The van der Waals surface area contributed by atoms with E-state index < -0.39 is 0 Å². The Hall–Kier alpha value is -2.57. The molecule has 0 bridgehead atoms. The first-order valence-electron chi connectivity index (χ1n) is 9.11. The number of nitrogens with one attached hydrogen (secondary N) is 2. The number of hydrogen-bond acceptors (Lipinski definition) is 4. The lowest BCUT2D eigenvalue weighted by Crippen LogP contribution is -2.47. The van der Waals surface area contributed by atoms with Crippen LogP contribution in [0.4, 0.5) is 10.5 Å². The first-order chi connectivity index (χ1) is 12.5. The molecule has 2 rings (SSSR count). The Kier molecular flexibility index (Phi) is 7.44. The first-order valence-corrected chi connectivity index (χ1v) is 9.11. The lowest BCUT2D eigenvalue weighted by atomic mass is 10.1. The summed E-state index contributed by atoms with van der Waals surface area (Å²) in [6, 6.07) is 7.55. The highest BCUT2D eigenvalue weighted by Crippen LogP contribution is 2.13. The minimum absolute atomic E-state index is 0.0233. The second kappa shape index (κ2) is 9.79. The van der Waals surface area contributed by atoms with Crippen molar-refractivity contribution in [3.05, 3.63) is 29.8 Å². The zero-order valence-corrected chi connectivity index (χ0v) is 15.4. The van der Waals surface area contributed by atoms with Gasteiger partial charge in [-0.05, 0) is 43.9 Å². The second-order valence-corrected chi connectivity index (χ2v) is 6.30. The van der Waals surface area contributed by atoms with E-state index in [9.17, 15) is 14.4 Å². The molecule has 0 unspecified atom stereocenters. The molecule has 1 aromatic rings. The van der Waals surface area contributed by atoms with Crippen LogP contribution in [0, 0.1) is 0 Å². The summed E-state index contributed by atoms with van der Waals surface area (Å²) in [7, 11) is 0. The van der Waals surface area contributed by atoms with Gasteiger partial charge in [-0.2, -0.15) is 0 Å². The number of nitrogens with zero attached hydrogens (tertiary/aromatic N) is 1. The minimum atomic E-state index is -0.337. The van der Waals surface area contributed by atoms with Gasteiger partial charge in [-0.25, -0.2) is 4.79 Å². The third-order valence-corrected chi connectivity index (χ3v) is 4.35. The summed E-state index contributed by atoms with van der Waals surface area (Å²) >= 11 is 0. The molecule has 0 atom stereocenters. The fourth-order valence-corrected chi connectivity index (χ4v) is 2.87. The fraction of sp³-hybridized carbons (Fsp3) is 0.526. The Bertz CT molecular complexity index is 622. The molecule has 1 aliphatic heterocycles. The molecule has 7 nitrogen and oxygen atoms in total. The predicted octanol–water partition coefficient (Wildman–Crippen LogP) is 2.31. The molecule has 0 saturated carbocycles. The van der Waals surface area contributed by atoms with Gasteiger partial charge in [0.1, 0.15) is 6.42 Å². The van der Waals surface area contributed by atoms with Crippen molar-refractivity contribution in [2.45, 2.75) is 45.6 Å². The smallest absolute Gasteiger partial charge is 0.409 e. The molecule has 3 amide bonds. The second-order valence-electron chi connectivity index (χ2n) is 6.30. The largest absolute Gasteiger partial charge is 0.450 e. The maximum Gasteiger partial charge on any atom is 0.409 e. The van der Waals surface area contributed by atoms with Crippen LogP contribution in [0.1, 0.15) is 38.7 Å². The summed E-state index contributed by atoms with van der Waals surface area (Å²) in [5, 5.41) is 5.59. The van der Waals surface area contributed by atoms with Crippen LogP contribution in [0.2, 0.25) is 0 Å². The maximum atomic E-state index is 12.1. The van der Waals surface area contributed by atoms with E-state index in [-0.39, 0.29) is 30.4 Å². The van der Waals surface area contributed by atoms with E-state index in [1.807, 2.05) is 24.3 Å². The van der Waals surface area contributed by atoms with Crippen molar-refractivity contribution in [1.29, 1.82) is 0 Å². The van der Waals surface area contributed by atoms with E-state index in [1.54, 1.807) is 11.8 Å². The van der Waals surface area contributed by atoms with Gasteiger partial charge in [0.25, 0.3) is 0 Å². The minimum Gasteiger partial charge on any atom is -0.450 e. The highest BCUT2D eigenvalue weighted by atomic mass is 16.6. The molecule has 26 heavy (non-hydrogen) atoms. The quantitative estimate of drug-likeness (QED) is 0.761. The third-order valence-electron chi connectivity index (χ3n) is 4.35. The highest BCUT2D eigenvalue weighted by Gasteiger charge is 2.25. The van der Waals surface area contributed by atoms with Crippen molar-refractivity contribution in [1.82, 2.24) is 10.2 Å². The third kappa shape index (κ3) is 6.06. The van der Waals surface area contributed by atoms with Gasteiger partial charge in [0.2, 0.25) is 11.8 Å². The molecule has 0 radical (unpaired) electrons. The monoisotopic (exact) mass is 361 g/mol. The molecular weight excluding hydrogens is 334 g/mol. The van der Waals surface area contributed by atoms with Gasteiger partial charge in [0.05, 0.1) is 6.61 Å². The van der Waals surface area contributed by atoms with Gasteiger partial charge in [-0.15, -0.1) is 0 Å². The van der Waals surface area contributed by atoms with E-state index >= 15 is 0 Å². The Morgan fingerprint density at radius 3 is 2.31 bits per heavy atom. The van der Waals surface area contributed by atoms with Gasteiger partial charge in [-0.1, -0.05) is 19.1 Å². The number of amides is 3. The Morgan fingerprint density at radius 2 is 1.73 bits per heavy atom. The van der Waals surface area contributed by atoms with Crippen LogP contribution >= 0.6 is 0 Å². The Morgan fingerprint density at radius 1 is 1.08 bits per heavy atom. The van der Waals surface area contributed by atoms with Crippen LogP contribution in [0.15, 0.2) is 24.3 Å². The molecule has 0 aliphatic carbocycles. The summed E-state index contributed by atoms with van der Waals surface area (Å²) in [5.41, 5.74) is 1.87. The average Bonchev–Trinajstić information content (AvgIpc) is 2.63. The number of aryl methyl sites for hydroxylation is 1. The number of hydrogen-bond donors (Lipinski definition) is 2. The number of piperidine rings is 1. The van der Waals surface area contributed by atoms with Crippen LogP contribution in [-0.4, -0.2) is 48.5 Å². The molecule has 2 N–H and O–H groups in total. The fourth-order valence-electron chi connectivity index (χ4n) is 2.87. The number of likely N-dealkylation sites (tertiary alicyclic amines) is 1. The number of carbonyl (C=O) groups is 3. The molecule has 0 spiro atoms. The molecule has 7 heteroatoms. The Labute approximate surface area is 154 Å². The molecule has 1 heterocycles. The molecule has 0 aromatic heterocycles. The van der Waals surface area contributed by atoms with Crippen LogP contribution in [0.3, 0.4) is 0 Å². The number of ether oxygens (including phenoxy) is 1. The SMILES string of the molecule is CCOC(=O)N1CCC(NC(=O)CC(=O)Nc2ccc(CC)cc2)CC1. The topological polar surface area (TPSA) is 87.7 Å². The van der Waals surface area contributed by atoms with Crippen molar-refractivity contribution in [3.8, 4) is 0 Å². The lowest BCUT2D eigenvalue weighted by molar-refractivity contribution is -0.127. The molecule has 1 aliphatic rings. The molecule has 1 fully saturated rings. The average molecular weight is 361 g/mol. The summed E-state index contributed by atoms with van der Waals surface area (Å²) in [6.07, 6.45) is 1.72. The number of rotatable bonds is 6. The molecular formula is C19H27N3O4. The summed E-state index contributed by atoms with van der Waals surface area (Å²) < 4.78 is 4.97. The zero-order chi connectivity index (χ0) is 18.9. The molecule has 1 aromatic carbocycles. The van der Waals surface area contributed by atoms with Crippen LogP contribution < -0.4 is 10.6 Å². The molecule has 142 valence electrons. The van der Waals surface area contributed by atoms with Crippen LogP contribution in [-0.2, 0) is 20.7 Å². The van der Waals surface area contributed by atoms with Gasteiger partial charge in [-0.3, -0.25) is 9.59 Å². The van der Waals surface area contributed by atoms with Crippen molar-refractivity contribution in [2.24, 2.45) is 0 Å².